The highest BCUT2D eigenvalue weighted by Crippen LogP contribution is 2.37. The zero-order valence-corrected chi connectivity index (χ0v) is 22.0. The van der Waals surface area contributed by atoms with Crippen LogP contribution in [0.5, 0.6) is 0 Å². The number of likely N-dealkylation sites (tertiary alicyclic amines) is 1. The van der Waals surface area contributed by atoms with Gasteiger partial charge in [-0.3, -0.25) is 4.90 Å². The number of imidazole rings is 1. The number of aryl methyl sites for hydroxylation is 1. The molecule has 0 saturated carbocycles. The summed E-state index contributed by atoms with van der Waals surface area (Å²) in [4.78, 5) is 14.6. The molecule has 3 aliphatic rings. The SMILES string of the molecule is CCc1nc2n(c1N(C)c1nc(C3=CCC/C=C(\CF)C=C3)c(C#N)s1)NC(N1CCC(CO)C1)C=C2. The van der Waals surface area contributed by atoms with Gasteiger partial charge in [0.1, 0.15) is 29.5 Å². The van der Waals surface area contributed by atoms with E-state index in [1.165, 1.54) is 11.3 Å². The second-order valence-corrected chi connectivity index (χ2v) is 10.5. The van der Waals surface area contributed by atoms with Crippen molar-refractivity contribution in [2.24, 2.45) is 5.92 Å². The lowest BCUT2D eigenvalue weighted by Crippen LogP contribution is -2.44. The van der Waals surface area contributed by atoms with Gasteiger partial charge in [-0.1, -0.05) is 42.6 Å². The smallest absolute Gasteiger partial charge is 0.192 e. The summed E-state index contributed by atoms with van der Waals surface area (Å²) in [6, 6.07) is 2.31. The van der Waals surface area contributed by atoms with Crippen molar-refractivity contribution in [2.75, 3.05) is 43.7 Å². The van der Waals surface area contributed by atoms with Crippen molar-refractivity contribution >= 4 is 33.9 Å². The number of halogens is 1. The molecule has 10 heteroatoms. The molecule has 2 unspecified atom stereocenters. The van der Waals surface area contributed by atoms with Crippen molar-refractivity contribution in [3.8, 4) is 6.07 Å². The highest BCUT2D eigenvalue weighted by molar-refractivity contribution is 7.16. The third-order valence-electron chi connectivity index (χ3n) is 7.11. The Morgan fingerprint density at radius 2 is 2.11 bits per heavy atom. The van der Waals surface area contributed by atoms with Gasteiger partial charge in [0, 0.05) is 26.7 Å². The average Bonchev–Trinajstić information content (AvgIpc) is 3.64. The van der Waals surface area contributed by atoms with E-state index in [-0.39, 0.29) is 12.8 Å². The number of aromatic nitrogens is 3. The molecule has 8 nitrogen and oxygen atoms in total. The Kier molecular flexibility index (Phi) is 7.55. The van der Waals surface area contributed by atoms with Crippen molar-refractivity contribution in [1.29, 1.82) is 5.26 Å². The predicted molar refractivity (Wildman–Crippen MR) is 146 cm³/mol. The molecule has 1 saturated heterocycles. The van der Waals surface area contributed by atoms with Crippen LogP contribution in [0.2, 0.25) is 0 Å². The van der Waals surface area contributed by atoms with Gasteiger partial charge in [-0.25, -0.2) is 19.0 Å². The molecule has 2 aliphatic heterocycles. The van der Waals surface area contributed by atoms with Crippen LogP contribution in [0.15, 0.2) is 36.0 Å². The molecule has 194 valence electrons. The maximum absolute atomic E-state index is 13.3. The molecule has 2 aromatic heterocycles. The van der Waals surface area contributed by atoms with Crippen LogP contribution in [0.1, 0.15) is 48.3 Å². The first-order valence-electron chi connectivity index (χ1n) is 12.8. The summed E-state index contributed by atoms with van der Waals surface area (Å²) in [5.74, 6) is 2.01. The van der Waals surface area contributed by atoms with Gasteiger partial charge in [-0.15, -0.1) is 0 Å². The van der Waals surface area contributed by atoms with Crippen LogP contribution < -0.4 is 10.3 Å². The lowest BCUT2D eigenvalue weighted by Gasteiger charge is -2.32. The van der Waals surface area contributed by atoms with E-state index in [2.05, 4.69) is 35.5 Å². The van der Waals surface area contributed by atoms with E-state index in [0.29, 0.717) is 27.2 Å². The minimum atomic E-state index is -0.507. The second-order valence-electron chi connectivity index (χ2n) is 9.52. The Hall–Kier alpha value is -3.26. The van der Waals surface area contributed by atoms with Crippen molar-refractivity contribution in [3.63, 3.8) is 0 Å². The fourth-order valence-electron chi connectivity index (χ4n) is 5.05. The van der Waals surface area contributed by atoms with Crippen LogP contribution in [0.3, 0.4) is 0 Å². The van der Waals surface area contributed by atoms with Crippen LogP contribution in [0.4, 0.5) is 15.3 Å². The number of anilines is 2. The van der Waals surface area contributed by atoms with E-state index in [0.717, 1.165) is 61.7 Å². The third kappa shape index (κ3) is 4.99. The zero-order chi connectivity index (χ0) is 25.9. The van der Waals surface area contributed by atoms with E-state index in [9.17, 15) is 14.8 Å². The quantitative estimate of drug-likeness (QED) is 0.559. The Bertz CT molecular complexity index is 1310. The molecular formula is C27H32FN7OS. The predicted octanol–water partition coefficient (Wildman–Crippen LogP) is 4.38. The standard InChI is InChI=1S/C27H32FN7OS/c1-3-21-26(35-23(30-21)10-11-24(32-35)34-13-12-19(16-34)17-36)33(2)27-31-25(22(15-29)37-27)20-7-5-4-6-18(14-28)8-9-20/h6-11,19,24,32,36H,3-5,12-14,16-17H2,1-2H3/b9-8?,18-6-,20-7?. The van der Waals surface area contributed by atoms with Gasteiger partial charge in [-0.2, -0.15) is 5.26 Å². The number of allylic oxidation sites excluding steroid dienone is 6. The minimum Gasteiger partial charge on any atom is -0.396 e. The molecule has 0 spiro atoms. The molecule has 37 heavy (non-hydrogen) atoms. The zero-order valence-electron chi connectivity index (χ0n) is 21.2. The van der Waals surface area contributed by atoms with Crippen molar-refractivity contribution in [1.82, 2.24) is 19.5 Å². The maximum Gasteiger partial charge on any atom is 0.192 e. The van der Waals surface area contributed by atoms with Crippen LogP contribution in [0.25, 0.3) is 11.6 Å². The van der Waals surface area contributed by atoms with Crippen LogP contribution in [-0.2, 0) is 6.42 Å². The Labute approximate surface area is 220 Å². The molecular weight excluding hydrogens is 489 g/mol. The van der Waals surface area contributed by atoms with Gasteiger partial charge in [0.05, 0.1) is 5.69 Å². The fraction of sp³-hybridized carbons (Fsp3) is 0.444. The number of aliphatic hydroxyl groups excluding tert-OH is 1. The maximum atomic E-state index is 13.3. The van der Waals surface area contributed by atoms with E-state index >= 15 is 0 Å². The number of thiazole rings is 1. The number of alkyl halides is 1. The first kappa shape index (κ1) is 25.4. The molecule has 1 fully saturated rings. The van der Waals surface area contributed by atoms with Crippen LogP contribution in [-0.4, -0.2) is 64.2 Å². The summed E-state index contributed by atoms with van der Waals surface area (Å²) < 4.78 is 15.3. The number of hydrogen-bond acceptors (Lipinski definition) is 8. The van der Waals surface area contributed by atoms with Gasteiger partial charge < -0.3 is 15.4 Å². The Morgan fingerprint density at radius 1 is 1.27 bits per heavy atom. The number of fused-ring (bicyclic) bond motifs is 1. The highest BCUT2D eigenvalue weighted by Gasteiger charge is 2.31. The van der Waals surface area contributed by atoms with E-state index in [4.69, 9.17) is 9.97 Å². The van der Waals surface area contributed by atoms with Gasteiger partial charge in [0.15, 0.2) is 16.8 Å². The summed E-state index contributed by atoms with van der Waals surface area (Å²) in [5.41, 5.74) is 6.64. The number of hydrogen-bond donors (Lipinski definition) is 2. The van der Waals surface area contributed by atoms with Gasteiger partial charge in [0.2, 0.25) is 0 Å². The normalized spacial score (nSPS) is 22.9. The topological polar surface area (TPSA) is 93.2 Å². The summed E-state index contributed by atoms with van der Waals surface area (Å²) in [7, 11) is 1.95. The van der Waals surface area contributed by atoms with Crippen molar-refractivity contribution < 1.29 is 9.50 Å². The molecule has 4 heterocycles. The number of nitrogens with one attached hydrogen (secondary N) is 1. The van der Waals surface area contributed by atoms with Crippen molar-refractivity contribution in [2.45, 2.75) is 38.8 Å². The summed E-state index contributed by atoms with van der Waals surface area (Å²) in [5, 5.41) is 20.2. The van der Waals surface area contributed by atoms with Crippen molar-refractivity contribution in [3.05, 3.63) is 58.0 Å². The molecule has 0 amide bonds. The molecule has 2 N–H and O–H groups in total. The second kappa shape index (κ2) is 11.0. The largest absolute Gasteiger partial charge is 0.396 e. The number of nitrogens with zero attached hydrogens (tertiary/aromatic N) is 6. The lowest BCUT2D eigenvalue weighted by molar-refractivity contribution is 0.213. The van der Waals surface area contributed by atoms with Gasteiger partial charge in [0.25, 0.3) is 0 Å². The molecule has 2 atom stereocenters. The van der Waals surface area contributed by atoms with Crippen LogP contribution >= 0.6 is 11.3 Å². The first-order chi connectivity index (χ1) is 18.1. The minimum absolute atomic E-state index is 0.000368. The number of nitriles is 1. The van der Waals surface area contributed by atoms with Gasteiger partial charge >= 0.3 is 0 Å². The first-order valence-corrected chi connectivity index (χ1v) is 13.6. The Balaban J connectivity index is 1.46. The molecule has 0 radical (unpaired) electrons. The molecule has 2 aromatic rings. The summed E-state index contributed by atoms with van der Waals surface area (Å²) in [6.45, 7) is 3.55. The summed E-state index contributed by atoms with van der Waals surface area (Å²) in [6.07, 6.45) is 15.0. The lowest BCUT2D eigenvalue weighted by atomic mass is 10.0. The third-order valence-corrected chi connectivity index (χ3v) is 8.14. The number of rotatable bonds is 7. The molecule has 1 aliphatic carbocycles. The molecule has 5 rings (SSSR count). The molecule has 0 bridgehead atoms. The average molecular weight is 522 g/mol. The number of aliphatic hydroxyl groups is 1. The molecule has 0 aromatic carbocycles. The highest BCUT2D eigenvalue weighted by atomic mass is 32.1. The van der Waals surface area contributed by atoms with E-state index in [1.807, 2.05) is 34.9 Å². The Morgan fingerprint density at radius 3 is 2.84 bits per heavy atom. The van der Waals surface area contributed by atoms with Crippen LogP contribution in [0, 0.1) is 17.2 Å². The van der Waals surface area contributed by atoms with E-state index < -0.39 is 6.67 Å². The van der Waals surface area contributed by atoms with E-state index in [1.54, 1.807) is 6.08 Å². The fourth-order valence-corrected chi connectivity index (χ4v) is 5.89. The summed E-state index contributed by atoms with van der Waals surface area (Å²) >= 11 is 1.34. The van der Waals surface area contributed by atoms with Gasteiger partial charge in [-0.05, 0) is 54.9 Å². The monoisotopic (exact) mass is 521 g/mol.